The van der Waals surface area contributed by atoms with Crippen LogP contribution in [0.25, 0.3) is 6.08 Å². The van der Waals surface area contributed by atoms with Gasteiger partial charge in [-0.2, -0.15) is 0 Å². The number of amides is 2. The highest BCUT2D eigenvalue weighted by Crippen LogP contribution is 2.23. The van der Waals surface area contributed by atoms with E-state index in [1.807, 2.05) is 18.9 Å². The highest BCUT2D eigenvalue weighted by Gasteiger charge is 2.27. The van der Waals surface area contributed by atoms with E-state index < -0.39 is 0 Å². The molecule has 6 nitrogen and oxygen atoms in total. The second-order valence-electron chi connectivity index (χ2n) is 6.77. The molecule has 1 saturated heterocycles. The van der Waals surface area contributed by atoms with Crippen molar-refractivity contribution < 1.29 is 14.3 Å². The van der Waals surface area contributed by atoms with Crippen LogP contribution in [-0.2, 0) is 14.3 Å². The Morgan fingerprint density at radius 1 is 1.29 bits per heavy atom. The number of ether oxygens (including phenoxy) is 1. The predicted octanol–water partition coefficient (Wildman–Crippen LogP) is 2.99. The Balaban J connectivity index is 1.97. The van der Waals surface area contributed by atoms with Crippen LogP contribution in [0.2, 0.25) is 10.0 Å². The largest absolute Gasteiger partial charge is 0.383 e. The van der Waals surface area contributed by atoms with Crippen LogP contribution in [0.1, 0.15) is 18.9 Å². The topological polar surface area (TPSA) is 53.1 Å². The first-order valence-electron chi connectivity index (χ1n) is 9.24. The van der Waals surface area contributed by atoms with Gasteiger partial charge in [-0.15, -0.1) is 0 Å². The maximum atomic E-state index is 12.6. The lowest BCUT2D eigenvalue weighted by atomic mass is 10.2. The summed E-state index contributed by atoms with van der Waals surface area (Å²) in [6, 6.07) is 5.19. The lowest BCUT2D eigenvalue weighted by Gasteiger charge is -2.34. The fraction of sp³-hybridized carbons (Fsp3) is 0.500. The SMILES string of the molecule is COCCN(C)C(C)N1CCN(C(=O)/C=C/c2ccc(Cl)c(Cl)c2)CCC1=O. The molecule has 1 fully saturated rings. The summed E-state index contributed by atoms with van der Waals surface area (Å²) >= 11 is 11.9. The summed E-state index contributed by atoms with van der Waals surface area (Å²) < 4.78 is 5.11. The molecule has 0 aromatic heterocycles. The van der Waals surface area contributed by atoms with Gasteiger partial charge >= 0.3 is 0 Å². The monoisotopic (exact) mass is 427 g/mol. The Kier molecular flexibility index (Phi) is 8.76. The molecule has 154 valence electrons. The normalized spacial score (nSPS) is 16.7. The van der Waals surface area contributed by atoms with E-state index in [2.05, 4.69) is 4.90 Å². The van der Waals surface area contributed by atoms with Gasteiger partial charge in [0, 0.05) is 45.8 Å². The summed E-state index contributed by atoms with van der Waals surface area (Å²) in [5, 5.41) is 0.916. The number of rotatable bonds is 7. The Bertz CT molecular complexity index is 727. The molecule has 0 N–H and O–H groups in total. The molecule has 2 rings (SSSR count). The number of hydrogen-bond donors (Lipinski definition) is 0. The molecule has 1 aliphatic rings. The second kappa shape index (κ2) is 10.8. The molecule has 1 aromatic rings. The van der Waals surface area contributed by atoms with Crippen LogP contribution in [0.4, 0.5) is 0 Å². The Morgan fingerprint density at radius 2 is 2.04 bits per heavy atom. The number of benzene rings is 1. The fourth-order valence-electron chi connectivity index (χ4n) is 3.00. The average Bonchev–Trinajstić information content (AvgIpc) is 2.87. The molecule has 1 aromatic carbocycles. The molecular formula is C20H27Cl2N3O3. The van der Waals surface area contributed by atoms with Crippen LogP contribution < -0.4 is 0 Å². The zero-order chi connectivity index (χ0) is 20.7. The van der Waals surface area contributed by atoms with Crippen LogP contribution in [0.15, 0.2) is 24.3 Å². The van der Waals surface area contributed by atoms with Gasteiger partial charge in [-0.25, -0.2) is 0 Å². The first-order chi connectivity index (χ1) is 13.3. The summed E-state index contributed by atoms with van der Waals surface area (Å²) in [7, 11) is 3.62. The molecule has 2 amide bonds. The lowest BCUT2D eigenvalue weighted by Crippen LogP contribution is -2.49. The van der Waals surface area contributed by atoms with Crippen LogP contribution in [0.3, 0.4) is 0 Å². The first-order valence-corrected chi connectivity index (χ1v) is 9.99. The van der Waals surface area contributed by atoms with Crippen molar-refractivity contribution in [2.45, 2.75) is 19.5 Å². The maximum Gasteiger partial charge on any atom is 0.246 e. The molecule has 1 unspecified atom stereocenters. The maximum absolute atomic E-state index is 12.6. The number of carbonyl (C=O) groups is 2. The van der Waals surface area contributed by atoms with Gasteiger partial charge in [0.25, 0.3) is 0 Å². The molecule has 1 atom stereocenters. The molecule has 0 bridgehead atoms. The van der Waals surface area contributed by atoms with Crippen molar-refractivity contribution in [3.8, 4) is 0 Å². The van der Waals surface area contributed by atoms with Crippen molar-refractivity contribution in [2.24, 2.45) is 0 Å². The molecule has 28 heavy (non-hydrogen) atoms. The number of nitrogens with zero attached hydrogens (tertiary/aromatic N) is 3. The van der Waals surface area contributed by atoms with E-state index in [0.29, 0.717) is 42.7 Å². The van der Waals surface area contributed by atoms with Crippen LogP contribution in [0.5, 0.6) is 0 Å². The van der Waals surface area contributed by atoms with Crippen LogP contribution in [0, 0.1) is 0 Å². The van der Waals surface area contributed by atoms with Gasteiger partial charge in [0.15, 0.2) is 0 Å². The van der Waals surface area contributed by atoms with E-state index in [1.54, 1.807) is 36.3 Å². The van der Waals surface area contributed by atoms with Gasteiger partial charge in [-0.1, -0.05) is 29.3 Å². The van der Waals surface area contributed by atoms with Crippen molar-refractivity contribution in [3.05, 3.63) is 39.9 Å². The molecular weight excluding hydrogens is 401 g/mol. The molecule has 8 heteroatoms. The minimum atomic E-state index is -0.124. The van der Waals surface area contributed by atoms with Gasteiger partial charge in [0.05, 0.1) is 22.8 Å². The number of methoxy groups -OCH3 is 1. The van der Waals surface area contributed by atoms with Crippen LogP contribution in [-0.4, -0.2) is 79.6 Å². The van der Waals surface area contributed by atoms with Crippen LogP contribution >= 0.6 is 23.2 Å². The first kappa shape index (κ1) is 22.7. The minimum Gasteiger partial charge on any atom is -0.383 e. The van der Waals surface area contributed by atoms with E-state index in [1.165, 1.54) is 6.08 Å². The summed E-state index contributed by atoms with van der Waals surface area (Å²) in [6.07, 6.45) is 3.48. The Labute approximate surface area is 176 Å². The van der Waals surface area contributed by atoms with Gasteiger partial charge < -0.3 is 14.5 Å². The van der Waals surface area contributed by atoms with Crippen molar-refractivity contribution in [1.29, 1.82) is 0 Å². The predicted molar refractivity (Wildman–Crippen MR) is 112 cm³/mol. The van der Waals surface area contributed by atoms with Gasteiger partial charge in [-0.05, 0) is 37.7 Å². The third kappa shape index (κ3) is 6.21. The van der Waals surface area contributed by atoms with E-state index in [-0.39, 0.29) is 18.0 Å². The number of hydrogen-bond acceptors (Lipinski definition) is 4. The fourth-order valence-corrected chi connectivity index (χ4v) is 3.31. The summed E-state index contributed by atoms with van der Waals surface area (Å²) in [5.74, 6) is -0.0679. The average molecular weight is 428 g/mol. The van der Waals surface area contributed by atoms with Crippen molar-refractivity contribution in [2.75, 3.05) is 46.9 Å². The molecule has 0 spiro atoms. The van der Waals surface area contributed by atoms with E-state index in [9.17, 15) is 9.59 Å². The quantitative estimate of drug-likeness (QED) is 0.627. The highest BCUT2D eigenvalue weighted by atomic mass is 35.5. The number of halogens is 2. The summed E-state index contributed by atoms with van der Waals surface area (Å²) in [6.45, 7) is 4.75. The van der Waals surface area contributed by atoms with Gasteiger partial charge in [-0.3, -0.25) is 14.5 Å². The number of carbonyl (C=O) groups excluding carboxylic acids is 2. The Morgan fingerprint density at radius 3 is 2.71 bits per heavy atom. The van der Waals surface area contributed by atoms with Gasteiger partial charge in [0.2, 0.25) is 11.8 Å². The lowest BCUT2D eigenvalue weighted by molar-refractivity contribution is -0.135. The minimum absolute atomic E-state index is 0.0514. The zero-order valence-electron chi connectivity index (χ0n) is 16.5. The molecule has 1 aliphatic heterocycles. The van der Waals surface area contributed by atoms with Gasteiger partial charge in [0.1, 0.15) is 0 Å². The van der Waals surface area contributed by atoms with Crippen molar-refractivity contribution in [3.63, 3.8) is 0 Å². The third-order valence-electron chi connectivity index (χ3n) is 4.94. The number of likely N-dealkylation sites (N-methyl/N-ethyl adjacent to an activating group) is 1. The highest BCUT2D eigenvalue weighted by molar-refractivity contribution is 6.42. The molecule has 0 radical (unpaired) electrons. The molecule has 1 heterocycles. The Hall–Kier alpha value is -1.60. The van der Waals surface area contributed by atoms with E-state index in [4.69, 9.17) is 27.9 Å². The van der Waals surface area contributed by atoms with E-state index >= 15 is 0 Å². The summed E-state index contributed by atoms with van der Waals surface area (Å²) in [5.41, 5.74) is 0.795. The molecule has 0 aliphatic carbocycles. The smallest absolute Gasteiger partial charge is 0.246 e. The third-order valence-corrected chi connectivity index (χ3v) is 5.68. The second-order valence-corrected chi connectivity index (χ2v) is 7.59. The van der Waals surface area contributed by atoms with Crippen molar-refractivity contribution in [1.82, 2.24) is 14.7 Å². The zero-order valence-corrected chi connectivity index (χ0v) is 18.0. The standard InChI is InChI=1S/C20H27Cl2N3O3/c1-15(23(2)12-13-28-3)25-11-10-24(9-8-20(25)27)19(26)7-5-16-4-6-17(21)18(22)14-16/h4-7,14-15H,8-13H2,1-3H3/b7-5+. The molecule has 0 saturated carbocycles. The summed E-state index contributed by atoms with van der Waals surface area (Å²) in [4.78, 5) is 30.7. The van der Waals surface area contributed by atoms with E-state index in [0.717, 1.165) is 12.1 Å². The van der Waals surface area contributed by atoms with Crippen molar-refractivity contribution >= 4 is 41.1 Å².